The van der Waals surface area contributed by atoms with E-state index in [1.807, 2.05) is 0 Å². The molecule has 0 radical (unpaired) electrons. The maximum Gasteiger partial charge on any atom is 0.118 e. The lowest BCUT2D eigenvalue weighted by Crippen LogP contribution is -2.48. The van der Waals surface area contributed by atoms with Gasteiger partial charge in [-0.3, -0.25) is 0 Å². The Morgan fingerprint density at radius 2 is 2.00 bits per heavy atom. The fraction of sp³-hybridized carbons (Fsp3) is 0.750. The first kappa shape index (κ1) is 19.5. The molecule has 3 fully saturated rings. The van der Waals surface area contributed by atoms with E-state index in [9.17, 15) is 9.50 Å². The third-order valence-electron chi connectivity index (χ3n) is 9.14. The number of fused-ring (bicyclic) bond motifs is 5. The smallest absolute Gasteiger partial charge is 0.118 e. The molecule has 0 bridgehead atoms. The van der Waals surface area contributed by atoms with Crippen LogP contribution >= 0.6 is 0 Å². The quantitative estimate of drug-likeness (QED) is 0.745. The number of alkyl halides is 1. The topological polar surface area (TPSA) is 50.9 Å². The van der Waals surface area contributed by atoms with Crippen molar-refractivity contribution in [2.24, 2.45) is 35.0 Å². The van der Waals surface area contributed by atoms with Crippen LogP contribution in [0.25, 0.3) is 0 Å². The van der Waals surface area contributed by atoms with Crippen LogP contribution in [-0.4, -0.2) is 32.4 Å². The molecule has 4 aliphatic rings. The van der Waals surface area contributed by atoms with Crippen LogP contribution in [0.3, 0.4) is 0 Å². The monoisotopic (exact) mass is 399 g/mol. The summed E-state index contributed by atoms with van der Waals surface area (Å²) in [5.74, 6) is 3.32. The molecule has 29 heavy (non-hydrogen) atoms. The molecular weight excluding hydrogens is 365 g/mol. The van der Waals surface area contributed by atoms with Crippen LogP contribution in [-0.2, 0) is 6.54 Å². The standard InChI is InChI=1S/C24H34FN3O/c1-16(14-28-26-11-12-27-28)21-5-6-22-20-4-3-17-13-24(29,15-25)10-8-18(17)19(20)7-9-23(21,22)2/h3,11-12,18-22,29H,1,4-10,13-15H2,2H3/t18-,19+,20+,21+,22-,23+,24-/m0/s1. The molecule has 1 heterocycles. The molecule has 7 atom stereocenters. The highest BCUT2D eigenvalue weighted by atomic mass is 19.1. The summed E-state index contributed by atoms with van der Waals surface area (Å²) in [5.41, 5.74) is 1.85. The van der Waals surface area contributed by atoms with Gasteiger partial charge in [0.05, 0.1) is 24.5 Å². The van der Waals surface area contributed by atoms with Crippen molar-refractivity contribution in [2.75, 3.05) is 6.67 Å². The van der Waals surface area contributed by atoms with E-state index in [2.05, 4.69) is 29.8 Å². The molecule has 1 aromatic rings. The van der Waals surface area contributed by atoms with Crippen LogP contribution in [0.5, 0.6) is 0 Å². The van der Waals surface area contributed by atoms with E-state index in [4.69, 9.17) is 0 Å². The molecule has 1 N–H and O–H groups in total. The Balaban J connectivity index is 1.34. The van der Waals surface area contributed by atoms with Crippen molar-refractivity contribution in [2.45, 2.75) is 70.4 Å². The largest absolute Gasteiger partial charge is 0.387 e. The first-order valence-corrected chi connectivity index (χ1v) is 11.4. The van der Waals surface area contributed by atoms with Gasteiger partial charge in [-0.2, -0.15) is 15.0 Å². The number of halogens is 1. The van der Waals surface area contributed by atoms with Crippen molar-refractivity contribution in [1.82, 2.24) is 15.0 Å². The average Bonchev–Trinajstić information content (AvgIpc) is 3.34. The van der Waals surface area contributed by atoms with Crippen LogP contribution < -0.4 is 0 Å². The van der Waals surface area contributed by atoms with Crippen molar-refractivity contribution in [3.05, 3.63) is 36.2 Å². The minimum Gasteiger partial charge on any atom is -0.387 e. The zero-order chi connectivity index (χ0) is 20.2. The van der Waals surface area contributed by atoms with Crippen LogP contribution in [0.4, 0.5) is 4.39 Å². The van der Waals surface area contributed by atoms with E-state index >= 15 is 0 Å². The second kappa shape index (κ2) is 7.04. The highest BCUT2D eigenvalue weighted by Gasteiger charge is 2.56. The van der Waals surface area contributed by atoms with Gasteiger partial charge in [0.25, 0.3) is 0 Å². The van der Waals surface area contributed by atoms with Crippen molar-refractivity contribution < 1.29 is 9.50 Å². The molecule has 0 saturated heterocycles. The van der Waals surface area contributed by atoms with E-state index in [1.165, 1.54) is 36.8 Å². The van der Waals surface area contributed by atoms with Crippen LogP contribution in [0, 0.1) is 35.0 Å². The molecule has 1 aromatic heterocycles. The molecule has 0 aromatic carbocycles. The maximum absolute atomic E-state index is 13.3. The number of aromatic nitrogens is 3. The normalized spacial score (nSPS) is 43.8. The Morgan fingerprint density at radius 1 is 1.21 bits per heavy atom. The summed E-state index contributed by atoms with van der Waals surface area (Å²) in [6.07, 6.45) is 14.1. The number of hydrogen-bond donors (Lipinski definition) is 1. The van der Waals surface area contributed by atoms with Gasteiger partial charge in [0.2, 0.25) is 0 Å². The van der Waals surface area contributed by atoms with E-state index in [1.54, 1.807) is 17.2 Å². The molecule has 5 rings (SSSR count). The molecule has 4 nitrogen and oxygen atoms in total. The Morgan fingerprint density at radius 3 is 2.76 bits per heavy atom. The predicted octanol–water partition coefficient (Wildman–Crippen LogP) is 4.72. The summed E-state index contributed by atoms with van der Waals surface area (Å²) in [5, 5.41) is 19.0. The van der Waals surface area contributed by atoms with Crippen LogP contribution in [0.15, 0.2) is 36.2 Å². The molecule has 5 heteroatoms. The van der Waals surface area contributed by atoms with E-state index in [0.717, 1.165) is 37.1 Å². The third kappa shape index (κ3) is 3.11. The van der Waals surface area contributed by atoms with Gasteiger partial charge in [0.1, 0.15) is 6.67 Å². The summed E-state index contributed by atoms with van der Waals surface area (Å²) in [6, 6.07) is 0. The second-order valence-electron chi connectivity index (χ2n) is 10.5. The molecule has 0 aliphatic heterocycles. The van der Waals surface area contributed by atoms with Gasteiger partial charge in [-0.1, -0.05) is 30.7 Å². The molecule has 0 spiro atoms. The number of allylic oxidation sites excluding steroid dienone is 2. The first-order chi connectivity index (χ1) is 13.9. The molecule has 4 aliphatic carbocycles. The lowest BCUT2D eigenvalue weighted by Gasteiger charge is -2.54. The average molecular weight is 400 g/mol. The number of hydrogen-bond acceptors (Lipinski definition) is 3. The summed E-state index contributed by atoms with van der Waals surface area (Å²) in [4.78, 5) is 1.76. The number of nitrogens with zero attached hydrogens (tertiary/aromatic N) is 3. The third-order valence-corrected chi connectivity index (χ3v) is 9.14. The van der Waals surface area contributed by atoms with E-state index < -0.39 is 12.3 Å². The Bertz CT molecular complexity index is 805. The molecule has 0 unspecified atom stereocenters. The Hall–Kier alpha value is -1.49. The van der Waals surface area contributed by atoms with Crippen LogP contribution in [0.2, 0.25) is 0 Å². The van der Waals surface area contributed by atoms with Crippen molar-refractivity contribution in [3.63, 3.8) is 0 Å². The van der Waals surface area contributed by atoms with Crippen molar-refractivity contribution in [3.8, 4) is 0 Å². The highest BCUT2D eigenvalue weighted by molar-refractivity contribution is 5.23. The minimum atomic E-state index is -1.10. The fourth-order valence-corrected chi connectivity index (χ4v) is 7.77. The van der Waals surface area contributed by atoms with Gasteiger partial charge in [-0.15, -0.1) is 0 Å². The Kier molecular flexibility index (Phi) is 4.73. The molecule has 158 valence electrons. The molecule has 0 amide bonds. The summed E-state index contributed by atoms with van der Waals surface area (Å²) < 4.78 is 13.3. The Labute approximate surface area is 173 Å². The minimum absolute atomic E-state index is 0.324. The summed E-state index contributed by atoms with van der Waals surface area (Å²) in [6.45, 7) is 7.09. The summed E-state index contributed by atoms with van der Waals surface area (Å²) >= 11 is 0. The lowest BCUT2D eigenvalue weighted by atomic mass is 9.51. The van der Waals surface area contributed by atoms with Crippen LogP contribution in [0.1, 0.15) is 58.3 Å². The lowest BCUT2D eigenvalue weighted by molar-refractivity contribution is -0.0443. The summed E-state index contributed by atoms with van der Waals surface area (Å²) in [7, 11) is 0. The zero-order valence-corrected chi connectivity index (χ0v) is 17.6. The van der Waals surface area contributed by atoms with E-state index in [0.29, 0.717) is 30.1 Å². The van der Waals surface area contributed by atoms with Crippen molar-refractivity contribution in [1.29, 1.82) is 0 Å². The fourth-order valence-electron chi connectivity index (χ4n) is 7.77. The van der Waals surface area contributed by atoms with E-state index in [-0.39, 0.29) is 0 Å². The highest BCUT2D eigenvalue weighted by Crippen LogP contribution is 2.64. The van der Waals surface area contributed by atoms with Gasteiger partial charge >= 0.3 is 0 Å². The van der Waals surface area contributed by atoms with Gasteiger partial charge in [-0.25, -0.2) is 4.39 Å². The number of aliphatic hydroxyl groups is 1. The van der Waals surface area contributed by atoms with Crippen molar-refractivity contribution >= 4 is 0 Å². The maximum atomic E-state index is 13.3. The van der Waals surface area contributed by atoms with Gasteiger partial charge in [0.15, 0.2) is 0 Å². The van der Waals surface area contributed by atoms with Gasteiger partial charge in [0, 0.05) is 0 Å². The second-order valence-corrected chi connectivity index (χ2v) is 10.5. The number of rotatable bonds is 4. The molecular formula is C24H34FN3O. The first-order valence-electron chi connectivity index (χ1n) is 11.4. The van der Waals surface area contributed by atoms with Gasteiger partial charge in [-0.05, 0) is 86.4 Å². The molecule has 3 saturated carbocycles. The predicted molar refractivity (Wildman–Crippen MR) is 111 cm³/mol. The SMILES string of the molecule is C=C(Cn1nccn1)[C@H]1CC[C@H]2[C@@H]3CC=C4C[C@](O)(CF)CC[C@@H]4[C@H]3CC[C@]12C. The van der Waals surface area contributed by atoms with Gasteiger partial charge < -0.3 is 5.11 Å². The zero-order valence-electron chi connectivity index (χ0n) is 17.6.